The Hall–Kier alpha value is 0.970. The topological polar surface area (TPSA) is 276 Å². The molecule has 1 aliphatic heterocycles. The first-order valence-electron chi connectivity index (χ1n) is 7.21. The van der Waals surface area contributed by atoms with Gasteiger partial charge in [0.15, 0.2) is 6.23 Å². The van der Waals surface area contributed by atoms with Crippen LogP contribution in [0.2, 0.25) is 0 Å². The number of aliphatic hydroxyl groups excluding tert-OH is 2. The molecule has 2 heterocycles. The Morgan fingerprint density at radius 3 is 2.26 bits per heavy atom. The first-order chi connectivity index (χ1) is 13.1. The first-order valence-corrected chi connectivity index (χ1v) is 11.7. The molecule has 0 aromatic carbocycles. The predicted molar refractivity (Wildman–Crippen MR) is 95.7 cm³/mol. The van der Waals surface area contributed by atoms with Crippen molar-refractivity contribution in [3.8, 4) is 0 Å². The maximum atomic E-state index is 11.8. The monoisotopic (exact) mass is 527 g/mol. The number of hydrogen-bond acceptors (Lipinski definition) is 14. The molecule has 6 N–H and O–H groups in total. The molecule has 1 aromatic rings. The van der Waals surface area contributed by atoms with E-state index in [2.05, 4.69) is 18.1 Å². The number of rotatable bonds is 8. The molecule has 1 aliphatic rings. The number of ether oxygens (including phenoxy) is 1. The molecule has 1 saturated heterocycles. The first kappa shape index (κ1) is 32.0. The summed E-state index contributed by atoms with van der Waals surface area (Å²) in [5, 5.41) is 19.9. The van der Waals surface area contributed by atoms with Gasteiger partial charge >= 0.3 is 13.5 Å². The molecule has 0 aliphatic carbocycles. The second kappa shape index (κ2) is 12.1. The van der Waals surface area contributed by atoms with Gasteiger partial charge in [0.1, 0.15) is 24.1 Å². The molecule has 2 rings (SSSR count). The van der Waals surface area contributed by atoms with Gasteiger partial charge in [0.25, 0.3) is 15.6 Å². The summed E-state index contributed by atoms with van der Waals surface area (Å²) in [4.78, 5) is 54.3. The van der Waals surface area contributed by atoms with Crippen molar-refractivity contribution >= 4 is 88.4 Å². The average Bonchev–Trinajstić information content (AvgIpc) is 2.78. The Balaban J connectivity index is 0.00000450. The molecular formula is C9H14N3Na2O14P3-2. The number of nitrogens with two attached hydrogens (primary N) is 1. The van der Waals surface area contributed by atoms with Crippen LogP contribution in [0.4, 0.5) is 5.82 Å². The number of anilines is 1. The minimum Gasteiger partial charge on any atom is -0.756 e. The smallest absolute Gasteiger partial charge is 0.478 e. The van der Waals surface area contributed by atoms with Gasteiger partial charge in [-0.05, 0) is 6.07 Å². The van der Waals surface area contributed by atoms with E-state index in [1.165, 1.54) is 6.07 Å². The summed E-state index contributed by atoms with van der Waals surface area (Å²) in [5.74, 6) is -0.132. The largest absolute Gasteiger partial charge is 0.756 e. The van der Waals surface area contributed by atoms with Crippen LogP contribution in [0.15, 0.2) is 17.1 Å². The number of phosphoric ester groups is 1. The average molecular weight is 527 g/mol. The van der Waals surface area contributed by atoms with Crippen LogP contribution >= 0.6 is 23.5 Å². The fraction of sp³-hybridized carbons (Fsp3) is 0.556. The second-order valence-corrected chi connectivity index (χ2v) is 9.77. The summed E-state index contributed by atoms with van der Waals surface area (Å²) in [6, 6.07) is 1.19. The third-order valence-electron chi connectivity index (χ3n) is 3.27. The van der Waals surface area contributed by atoms with Crippen LogP contribution in [-0.4, -0.2) is 114 Å². The number of aliphatic hydroxyl groups is 2. The molecule has 1 aromatic heterocycles. The van der Waals surface area contributed by atoms with E-state index < -0.39 is 60.3 Å². The van der Waals surface area contributed by atoms with E-state index in [1.54, 1.807) is 0 Å². The van der Waals surface area contributed by atoms with E-state index in [0.717, 1.165) is 10.8 Å². The summed E-state index contributed by atoms with van der Waals surface area (Å²) in [7, 11) is -17.4. The predicted octanol–water partition coefficient (Wildman–Crippen LogP) is -4.24. The Bertz CT molecular complexity index is 956. The van der Waals surface area contributed by atoms with Crippen molar-refractivity contribution in [2.45, 2.75) is 24.5 Å². The van der Waals surface area contributed by atoms with Crippen molar-refractivity contribution in [3.05, 3.63) is 22.7 Å². The third kappa shape index (κ3) is 9.62. The Morgan fingerprint density at radius 1 is 1.16 bits per heavy atom. The van der Waals surface area contributed by atoms with Gasteiger partial charge in [-0.15, -0.1) is 0 Å². The quantitative estimate of drug-likeness (QED) is 0.158. The van der Waals surface area contributed by atoms with Gasteiger partial charge in [-0.1, -0.05) is 0 Å². The molecule has 0 saturated carbocycles. The molecule has 17 nitrogen and oxygen atoms in total. The van der Waals surface area contributed by atoms with E-state index in [1.807, 2.05) is 0 Å². The second-order valence-electron chi connectivity index (χ2n) is 5.43. The molecular weight excluding hydrogens is 513 g/mol. The van der Waals surface area contributed by atoms with Crippen molar-refractivity contribution in [1.82, 2.24) is 9.55 Å². The van der Waals surface area contributed by atoms with Crippen LogP contribution in [0, 0.1) is 0 Å². The molecule has 0 spiro atoms. The molecule has 22 heteroatoms. The molecule has 2 radical (unpaired) electrons. The normalized spacial score (nSPS) is 29.0. The van der Waals surface area contributed by atoms with E-state index >= 15 is 0 Å². The summed E-state index contributed by atoms with van der Waals surface area (Å²) in [6.07, 6.45) is -5.50. The molecule has 0 bridgehead atoms. The van der Waals surface area contributed by atoms with E-state index in [0.29, 0.717) is 0 Å². The molecule has 0 amide bonds. The number of nitrogen functional groups attached to an aromatic ring is 1. The molecule has 31 heavy (non-hydrogen) atoms. The van der Waals surface area contributed by atoms with E-state index in [-0.39, 0.29) is 64.9 Å². The van der Waals surface area contributed by atoms with Crippen LogP contribution in [-0.2, 0) is 31.6 Å². The zero-order valence-electron chi connectivity index (χ0n) is 15.9. The van der Waals surface area contributed by atoms with Gasteiger partial charge < -0.3 is 40.3 Å². The third-order valence-corrected chi connectivity index (χ3v) is 7.00. The van der Waals surface area contributed by atoms with Gasteiger partial charge in [-0.2, -0.15) is 4.98 Å². The zero-order valence-corrected chi connectivity index (χ0v) is 22.5. The van der Waals surface area contributed by atoms with Gasteiger partial charge in [0.05, 0.1) is 6.61 Å². The van der Waals surface area contributed by atoms with Crippen molar-refractivity contribution in [2.24, 2.45) is 0 Å². The minimum atomic E-state index is -6.03. The molecule has 1 fully saturated rings. The van der Waals surface area contributed by atoms with Gasteiger partial charge in [0.2, 0.25) is 0 Å². The van der Waals surface area contributed by atoms with Crippen LogP contribution in [0.3, 0.4) is 0 Å². The van der Waals surface area contributed by atoms with Crippen LogP contribution in [0.25, 0.3) is 0 Å². The maximum Gasteiger partial charge on any atom is 0.478 e. The van der Waals surface area contributed by atoms with Crippen LogP contribution in [0.1, 0.15) is 6.23 Å². The number of nitrogens with zero attached hydrogens (tertiary/aromatic N) is 2. The van der Waals surface area contributed by atoms with Crippen molar-refractivity contribution in [3.63, 3.8) is 0 Å². The molecule has 168 valence electrons. The molecule has 7 atom stereocenters. The number of aromatic nitrogens is 2. The zero-order chi connectivity index (χ0) is 22.2. The van der Waals surface area contributed by atoms with Crippen LogP contribution < -0.4 is 21.2 Å². The van der Waals surface area contributed by atoms with Crippen molar-refractivity contribution in [1.29, 1.82) is 0 Å². The van der Waals surface area contributed by atoms with Crippen molar-refractivity contribution in [2.75, 3.05) is 12.3 Å². The number of hydrogen-bond donors (Lipinski definition) is 5. The standard InChI is InChI=1S/C9H16N3O14P3.2Na/c10-5-1-2-12(9(15)11-5)8-7(14)6(13)4(24-8)3-23-28(19,20)26-29(21,22)25-27(16,17)18;;/h1-2,4,6-8,13-14H,3H2,(H,19,20)(H,21,22)(H2,10,11,15)(H2,16,17,18);;/p-2/t4-,6-,7-,8-;;/m1../s1. The maximum absolute atomic E-state index is 11.8. The summed E-state index contributed by atoms with van der Waals surface area (Å²) in [5.41, 5.74) is 4.37. The summed E-state index contributed by atoms with van der Waals surface area (Å²) < 4.78 is 49.9. The fourth-order valence-corrected chi connectivity index (χ4v) is 5.11. The Kier molecular flexibility index (Phi) is 12.5. The van der Waals surface area contributed by atoms with Crippen LogP contribution in [0.5, 0.6) is 0 Å². The fourth-order valence-electron chi connectivity index (χ4n) is 2.18. The number of phosphoric acid groups is 3. The Labute approximate surface area is 217 Å². The van der Waals surface area contributed by atoms with Gasteiger partial charge in [-0.25, -0.2) is 18.0 Å². The van der Waals surface area contributed by atoms with Gasteiger partial charge in [-0.3, -0.25) is 18.2 Å². The SMILES string of the molecule is Nc1ccn([C@@H]2O[C@H](COP(=O)(O)OP(=O)([O-])OP(=O)([O-])O)[C@@H](O)[C@H]2O)c(=O)n1.[Na].[Na]. The van der Waals surface area contributed by atoms with E-state index in [9.17, 15) is 43.4 Å². The molecule has 3 unspecified atom stereocenters. The van der Waals surface area contributed by atoms with Crippen molar-refractivity contribution < 1.29 is 61.4 Å². The summed E-state index contributed by atoms with van der Waals surface area (Å²) in [6.45, 7) is -1.06. The Morgan fingerprint density at radius 2 is 1.74 bits per heavy atom. The van der Waals surface area contributed by atoms with Gasteiger partial charge in [0, 0.05) is 65.3 Å². The summed E-state index contributed by atoms with van der Waals surface area (Å²) >= 11 is 0. The van der Waals surface area contributed by atoms with E-state index in [4.69, 9.17) is 15.4 Å². The minimum absolute atomic E-state index is 0.